The molecule has 162 valence electrons. The van der Waals surface area contributed by atoms with Gasteiger partial charge in [0.15, 0.2) is 6.10 Å². The van der Waals surface area contributed by atoms with Gasteiger partial charge in [-0.1, -0.05) is 0 Å². The lowest BCUT2D eigenvalue weighted by molar-refractivity contribution is -0.137. The zero-order chi connectivity index (χ0) is 21.7. The van der Waals surface area contributed by atoms with Crippen molar-refractivity contribution >= 4 is 29.0 Å². The molecule has 5 nitrogen and oxygen atoms in total. The molecule has 1 amide bonds. The lowest BCUT2D eigenvalue weighted by Gasteiger charge is -2.31. The first-order chi connectivity index (χ1) is 14.3. The first kappa shape index (κ1) is 22.3. The van der Waals surface area contributed by atoms with E-state index in [0.29, 0.717) is 37.7 Å². The van der Waals surface area contributed by atoms with Gasteiger partial charge in [0.1, 0.15) is 5.75 Å². The van der Waals surface area contributed by atoms with Crippen LogP contribution in [0, 0.1) is 0 Å². The van der Waals surface area contributed by atoms with Crippen LogP contribution in [-0.2, 0) is 15.7 Å². The Kier molecular flexibility index (Phi) is 7.14. The van der Waals surface area contributed by atoms with Crippen molar-refractivity contribution in [3.8, 4) is 5.75 Å². The molecule has 0 aromatic heterocycles. The molecule has 0 saturated carbocycles. The van der Waals surface area contributed by atoms with E-state index in [-0.39, 0.29) is 5.69 Å². The van der Waals surface area contributed by atoms with Crippen LogP contribution in [0.1, 0.15) is 12.5 Å². The summed E-state index contributed by atoms with van der Waals surface area (Å²) in [5, 5.41) is 2.61. The minimum Gasteiger partial charge on any atom is -0.481 e. The Labute approximate surface area is 177 Å². The first-order valence-electron chi connectivity index (χ1n) is 9.43. The molecular formula is C21H23F3N2O3S. The van der Waals surface area contributed by atoms with Crippen molar-refractivity contribution in [2.75, 3.05) is 42.8 Å². The zero-order valence-corrected chi connectivity index (χ0v) is 17.5. The van der Waals surface area contributed by atoms with E-state index in [4.69, 9.17) is 9.47 Å². The molecule has 1 unspecified atom stereocenters. The smallest absolute Gasteiger partial charge is 0.416 e. The largest absolute Gasteiger partial charge is 0.481 e. The van der Waals surface area contributed by atoms with Crippen molar-refractivity contribution in [3.05, 3.63) is 48.0 Å². The van der Waals surface area contributed by atoms with Gasteiger partial charge in [-0.15, -0.1) is 11.8 Å². The molecule has 1 aliphatic rings. The molecular weight excluding hydrogens is 417 g/mol. The Balaban J connectivity index is 1.78. The summed E-state index contributed by atoms with van der Waals surface area (Å²) >= 11 is 1.58. The number of halogens is 3. The highest BCUT2D eigenvalue weighted by molar-refractivity contribution is 7.98. The molecule has 3 rings (SSSR count). The SMILES string of the molecule is CSc1ccc(OC(C)C(=O)Nc2cc(C(F)(F)F)ccc2N2CCOCC2)cc1. The van der Waals surface area contributed by atoms with Crippen LogP contribution < -0.4 is 15.0 Å². The number of nitrogens with one attached hydrogen (secondary N) is 1. The number of morpholine rings is 1. The third-order valence-electron chi connectivity index (χ3n) is 4.68. The van der Waals surface area contributed by atoms with Gasteiger partial charge >= 0.3 is 6.18 Å². The molecule has 1 N–H and O–H groups in total. The Morgan fingerprint density at radius 1 is 1.17 bits per heavy atom. The quantitative estimate of drug-likeness (QED) is 0.662. The molecule has 1 aliphatic heterocycles. The summed E-state index contributed by atoms with van der Waals surface area (Å²) in [4.78, 5) is 15.6. The fraction of sp³-hybridized carbons (Fsp3) is 0.381. The standard InChI is InChI=1S/C21H23F3N2O3S/c1-14(29-16-4-6-17(30-2)7-5-16)20(27)25-18-13-15(21(22,23)24)3-8-19(18)26-9-11-28-12-10-26/h3-8,13-14H,9-12H2,1-2H3,(H,25,27). The van der Waals surface area contributed by atoms with Crippen molar-refractivity contribution in [2.45, 2.75) is 24.1 Å². The topological polar surface area (TPSA) is 50.8 Å². The van der Waals surface area contributed by atoms with Gasteiger partial charge in [-0.2, -0.15) is 13.2 Å². The number of hydrogen-bond acceptors (Lipinski definition) is 5. The van der Waals surface area contributed by atoms with E-state index in [1.807, 2.05) is 23.3 Å². The number of benzene rings is 2. The van der Waals surface area contributed by atoms with Gasteiger partial charge in [-0.3, -0.25) is 4.79 Å². The summed E-state index contributed by atoms with van der Waals surface area (Å²) in [6.45, 7) is 3.56. The van der Waals surface area contributed by atoms with Gasteiger partial charge in [-0.05, 0) is 55.6 Å². The number of thioether (sulfide) groups is 1. The molecule has 2 aromatic rings. The lowest BCUT2D eigenvalue weighted by Crippen LogP contribution is -2.37. The minimum absolute atomic E-state index is 0.102. The Morgan fingerprint density at radius 3 is 2.43 bits per heavy atom. The van der Waals surface area contributed by atoms with Crippen LogP contribution in [0.3, 0.4) is 0 Å². The van der Waals surface area contributed by atoms with Crippen LogP contribution in [0.4, 0.5) is 24.5 Å². The Morgan fingerprint density at radius 2 is 1.83 bits per heavy atom. The van der Waals surface area contributed by atoms with Gasteiger partial charge in [0, 0.05) is 18.0 Å². The lowest BCUT2D eigenvalue weighted by atomic mass is 10.1. The molecule has 0 radical (unpaired) electrons. The van der Waals surface area contributed by atoms with E-state index < -0.39 is 23.8 Å². The second-order valence-electron chi connectivity index (χ2n) is 6.75. The monoisotopic (exact) mass is 440 g/mol. The summed E-state index contributed by atoms with van der Waals surface area (Å²) in [5.74, 6) is -0.0225. The highest BCUT2D eigenvalue weighted by atomic mass is 32.2. The summed E-state index contributed by atoms with van der Waals surface area (Å²) < 4.78 is 50.6. The van der Waals surface area contributed by atoms with E-state index in [1.54, 1.807) is 30.8 Å². The molecule has 0 spiro atoms. The highest BCUT2D eigenvalue weighted by Gasteiger charge is 2.32. The molecule has 2 aromatic carbocycles. The average molecular weight is 440 g/mol. The maximum atomic E-state index is 13.2. The minimum atomic E-state index is -4.51. The van der Waals surface area contributed by atoms with Crippen LogP contribution in [-0.4, -0.2) is 44.6 Å². The van der Waals surface area contributed by atoms with Crippen molar-refractivity contribution in [1.29, 1.82) is 0 Å². The van der Waals surface area contributed by atoms with E-state index in [1.165, 1.54) is 6.07 Å². The van der Waals surface area contributed by atoms with E-state index in [0.717, 1.165) is 17.0 Å². The van der Waals surface area contributed by atoms with Gasteiger partial charge in [0.2, 0.25) is 0 Å². The van der Waals surface area contributed by atoms with Gasteiger partial charge < -0.3 is 19.7 Å². The molecule has 1 heterocycles. The van der Waals surface area contributed by atoms with E-state index >= 15 is 0 Å². The first-order valence-corrected chi connectivity index (χ1v) is 10.7. The maximum Gasteiger partial charge on any atom is 0.416 e. The van der Waals surface area contributed by atoms with E-state index in [9.17, 15) is 18.0 Å². The normalized spacial score (nSPS) is 15.6. The summed E-state index contributed by atoms with van der Waals surface area (Å²) in [6.07, 6.45) is -3.45. The average Bonchev–Trinajstić information content (AvgIpc) is 2.74. The summed E-state index contributed by atoms with van der Waals surface area (Å²) in [7, 11) is 0. The zero-order valence-electron chi connectivity index (χ0n) is 16.7. The van der Waals surface area contributed by atoms with Crippen molar-refractivity contribution < 1.29 is 27.4 Å². The molecule has 0 bridgehead atoms. The molecule has 1 fully saturated rings. The van der Waals surface area contributed by atoms with Crippen LogP contribution in [0.25, 0.3) is 0 Å². The van der Waals surface area contributed by atoms with Crippen molar-refractivity contribution in [2.24, 2.45) is 0 Å². The van der Waals surface area contributed by atoms with Crippen molar-refractivity contribution in [3.63, 3.8) is 0 Å². The van der Waals surface area contributed by atoms with Crippen molar-refractivity contribution in [1.82, 2.24) is 0 Å². The number of hydrogen-bond donors (Lipinski definition) is 1. The van der Waals surface area contributed by atoms with Gasteiger partial charge in [0.05, 0.1) is 30.2 Å². The number of carbonyl (C=O) groups excluding carboxylic acids is 1. The van der Waals surface area contributed by atoms with Crippen LogP contribution in [0.15, 0.2) is 47.4 Å². The number of anilines is 2. The van der Waals surface area contributed by atoms with Gasteiger partial charge in [-0.25, -0.2) is 0 Å². The van der Waals surface area contributed by atoms with Crippen LogP contribution in [0.2, 0.25) is 0 Å². The molecule has 30 heavy (non-hydrogen) atoms. The number of carbonyl (C=O) groups is 1. The van der Waals surface area contributed by atoms with Gasteiger partial charge in [0.25, 0.3) is 5.91 Å². The Hall–Kier alpha value is -2.39. The number of nitrogens with zero attached hydrogens (tertiary/aromatic N) is 1. The molecule has 9 heteroatoms. The number of ether oxygens (including phenoxy) is 2. The number of amides is 1. The summed E-state index contributed by atoms with van der Waals surface area (Å²) in [5.41, 5.74) is -0.197. The van der Waals surface area contributed by atoms with Crippen LogP contribution in [0.5, 0.6) is 5.75 Å². The number of alkyl halides is 3. The molecule has 1 atom stereocenters. The fourth-order valence-electron chi connectivity index (χ4n) is 3.04. The fourth-order valence-corrected chi connectivity index (χ4v) is 3.45. The van der Waals surface area contributed by atoms with E-state index in [2.05, 4.69) is 5.32 Å². The third-order valence-corrected chi connectivity index (χ3v) is 5.42. The number of rotatable bonds is 6. The maximum absolute atomic E-state index is 13.2. The highest BCUT2D eigenvalue weighted by Crippen LogP contribution is 2.36. The Bertz CT molecular complexity index is 869. The molecule has 0 aliphatic carbocycles. The predicted octanol–water partition coefficient (Wildman–Crippen LogP) is 4.67. The summed E-state index contributed by atoms with van der Waals surface area (Å²) in [6, 6.07) is 10.6. The van der Waals surface area contributed by atoms with Crippen LogP contribution >= 0.6 is 11.8 Å². The third kappa shape index (κ3) is 5.60. The predicted molar refractivity (Wildman–Crippen MR) is 111 cm³/mol. The second kappa shape index (κ2) is 9.61. The second-order valence-corrected chi connectivity index (χ2v) is 7.63. The molecule has 1 saturated heterocycles.